The summed E-state index contributed by atoms with van der Waals surface area (Å²) in [5.41, 5.74) is 3.98. The normalized spacial score (nSPS) is 12.2. The van der Waals surface area contributed by atoms with Crippen LogP contribution in [-0.4, -0.2) is 18.2 Å². The Hall–Kier alpha value is -1.84. The van der Waals surface area contributed by atoms with Gasteiger partial charge in [-0.15, -0.1) is 0 Å². The van der Waals surface area contributed by atoms with Crippen LogP contribution in [-0.2, 0) is 9.63 Å². The van der Waals surface area contributed by atoms with Crippen LogP contribution in [0.25, 0.3) is 0 Å². The summed E-state index contributed by atoms with van der Waals surface area (Å²) in [4.78, 5) is 17.1. The molecule has 122 valence electrons. The minimum atomic E-state index is -0.198. The number of nitrogens with zero attached hydrogens (tertiary/aromatic N) is 1. The van der Waals surface area contributed by atoms with E-state index in [4.69, 9.17) is 4.84 Å². The lowest BCUT2D eigenvalue weighted by Gasteiger charge is -2.25. The third-order valence-electron chi connectivity index (χ3n) is 4.34. The summed E-state index contributed by atoms with van der Waals surface area (Å²) in [6.45, 7) is 12.3. The second-order valence-electron chi connectivity index (χ2n) is 6.14. The predicted octanol–water partition coefficient (Wildman–Crippen LogP) is 4.46. The van der Waals surface area contributed by atoms with Crippen molar-refractivity contribution in [2.45, 2.75) is 54.4 Å². The van der Waals surface area contributed by atoms with Gasteiger partial charge in [-0.1, -0.05) is 32.0 Å². The van der Waals surface area contributed by atoms with Gasteiger partial charge in [-0.05, 0) is 56.9 Å². The van der Waals surface area contributed by atoms with Gasteiger partial charge in [-0.3, -0.25) is 4.79 Å². The van der Waals surface area contributed by atoms with Crippen molar-refractivity contribution in [1.29, 1.82) is 0 Å². The van der Waals surface area contributed by atoms with E-state index in [0.717, 1.165) is 35.4 Å². The van der Waals surface area contributed by atoms with Gasteiger partial charge in [-0.2, -0.15) is 0 Å². The molecular formula is C18H28N2O2. The van der Waals surface area contributed by atoms with Crippen molar-refractivity contribution in [2.24, 2.45) is 10.6 Å². The molecule has 0 fully saturated rings. The standard InChI is InChI=1S/C18H28N2O2/c1-7-18(6,8-2)15(5)20-22-12-17(21)19-16-10-13(3)9-14(4)11-16/h9-11H,7-8,12H2,1-6H3,(H,19,21)/b20-15+. The number of carbonyl (C=O) groups is 1. The van der Waals surface area contributed by atoms with Gasteiger partial charge in [0, 0.05) is 11.1 Å². The maximum absolute atomic E-state index is 11.9. The van der Waals surface area contributed by atoms with Crippen LogP contribution in [0.5, 0.6) is 0 Å². The van der Waals surface area contributed by atoms with E-state index in [1.54, 1.807) is 0 Å². The SMILES string of the molecule is CCC(C)(CC)/C(C)=N/OCC(=O)Nc1cc(C)cc(C)c1. The first kappa shape index (κ1) is 18.2. The molecule has 0 aromatic heterocycles. The molecule has 1 aromatic rings. The first-order valence-corrected chi connectivity index (χ1v) is 7.86. The lowest BCUT2D eigenvalue weighted by Crippen LogP contribution is -2.25. The number of rotatable bonds is 7. The van der Waals surface area contributed by atoms with E-state index in [-0.39, 0.29) is 17.9 Å². The molecule has 1 rings (SSSR count). The Bertz CT molecular complexity index is 526. The lowest BCUT2D eigenvalue weighted by atomic mass is 9.81. The molecule has 0 aliphatic carbocycles. The number of hydrogen-bond donors (Lipinski definition) is 1. The molecule has 1 amide bonds. The van der Waals surface area contributed by atoms with Gasteiger partial charge in [0.15, 0.2) is 6.61 Å². The number of benzene rings is 1. The molecule has 0 aliphatic heterocycles. The Kier molecular flexibility index (Phi) is 6.60. The molecule has 0 radical (unpaired) electrons. The number of amides is 1. The maximum atomic E-state index is 11.9. The summed E-state index contributed by atoms with van der Waals surface area (Å²) in [5.74, 6) is -0.198. The van der Waals surface area contributed by atoms with E-state index in [2.05, 4.69) is 37.3 Å². The number of anilines is 1. The third kappa shape index (κ3) is 5.17. The van der Waals surface area contributed by atoms with Gasteiger partial charge in [0.2, 0.25) is 0 Å². The highest BCUT2D eigenvalue weighted by atomic mass is 16.6. The fraction of sp³-hybridized carbons (Fsp3) is 0.556. The number of aryl methyl sites for hydroxylation is 2. The van der Waals surface area contributed by atoms with E-state index in [0.29, 0.717) is 0 Å². The average molecular weight is 304 g/mol. The van der Waals surface area contributed by atoms with Gasteiger partial charge in [0.1, 0.15) is 0 Å². The van der Waals surface area contributed by atoms with Crippen molar-refractivity contribution < 1.29 is 9.63 Å². The molecule has 0 bridgehead atoms. The Morgan fingerprint density at radius 1 is 1.18 bits per heavy atom. The first-order chi connectivity index (χ1) is 10.3. The summed E-state index contributed by atoms with van der Waals surface area (Å²) in [5, 5.41) is 6.94. The highest BCUT2D eigenvalue weighted by Crippen LogP contribution is 2.27. The molecule has 0 heterocycles. The third-order valence-corrected chi connectivity index (χ3v) is 4.34. The van der Waals surface area contributed by atoms with E-state index in [9.17, 15) is 4.79 Å². The van der Waals surface area contributed by atoms with Gasteiger partial charge in [0.05, 0.1) is 5.71 Å². The molecule has 1 N–H and O–H groups in total. The lowest BCUT2D eigenvalue weighted by molar-refractivity contribution is -0.120. The molecule has 1 aromatic carbocycles. The summed E-state index contributed by atoms with van der Waals surface area (Å²) in [6.07, 6.45) is 1.99. The van der Waals surface area contributed by atoms with Gasteiger partial charge in [0.25, 0.3) is 5.91 Å². The van der Waals surface area contributed by atoms with Crippen molar-refractivity contribution in [3.8, 4) is 0 Å². The monoisotopic (exact) mass is 304 g/mol. The fourth-order valence-corrected chi connectivity index (χ4v) is 2.30. The van der Waals surface area contributed by atoms with Crippen molar-refractivity contribution in [1.82, 2.24) is 0 Å². The van der Waals surface area contributed by atoms with E-state index in [1.165, 1.54) is 0 Å². The highest BCUT2D eigenvalue weighted by Gasteiger charge is 2.23. The fourth-order valence-electron chi connectivity index (χ4n) is 2.30. The summed E-state index contributed by atoms with van der Waals surface area (Å²) in [6, 6.07) is 5.94. The molecule has 0 saturated heterocycles. The zero-order valence-electron chi connectivity index (χ0n) is 14.6. The smallest absolute Gasteiger partial charge is 0.265 e. The summed E-state index contributed by atoms with van der Waals surface area (Å²) < 4.78 is 0. The molecule has 0 atom stereocenters. The molecule has 0 saturated carbocycles. The molecule has 4 nitrogen and oxygen atoms in total. The molecular weight excluding hydrogens is 276 g/mol. The second-order valence-corrected chi connectivity index (χ2v) is 6.14. The van der Waals surface area contributed by atoms with Crippen LogP contribution in [0.4, 0.5) is 5.69 Å². The first-order valence-electron chi connectivity index (χ1n) is 7.86. The average Bonchev–Trinajstić information content (AvgIpc) is 2.45. The van der Waals surface area contributed by atoms with Crippen molar-refractivity contribution in [3.63, 3.8) is 0 Å². The van der Waals surface area contributed by atoms with Crippen molar-refractivity contribution in [3.05, 3.63) is 29.3 Å². The van der Waals surface area contributed by atoms with Crippen LogP contribution in [0.2, 0.25) is 0 Å². The van der Waals surface area contributed by atoms with Crippen LogP contribution in [0.3, 0.4) is 0 Å². The van der Waals surface area contributed by atoms with E-state index in [1.807, 2.05) is 32.9 Å². The Balaban J connectivity index is 2.56. The second kappa shape index (κ2) is 7.97. The zero-order chi connectivity index (χ0) is 16.8. The Morgan fingerprint density at radius 3 is 2.23 bits per heavy atom. The zero-order valence-corrected chi connectivity index (χ0v) is 14.6. The molecule has 0 aliphatic rings. The molecule has 0 unspecified atom stereocenters. The van der Waals surface area contributed by atoms with Gasteiger partial charge in [-0.25, -0.2) is 0 Å². The van der Waals surface area contributed by atoms with Crippen molar-refractivity contribution in [2.75, 3.05) is 11.9 Å². The minimum absolute atomic E-state index is 0.0319. The van der Waals surface area contributed by atoms with Gasteiger partial charge >= 0.3 is 0 Å². The number of oxime groups is 1. The highest BCUT2D eigenvalue weighted by molar-refractivity contribution is 5.92. The predicted molar refractivity (Wildman–Crippen MR) is 92.3 cm³/mol. The van der Waals surface area contributed by atoms with Crippen LogP contribution in [0.1, 0.15) is 51.7 Å². The largest absolute Gasteiger partial charge is 0.386 e. The van der Waals surface area contributed by atoms with Crippen LogP contribution in [0, 0.1) is 19.3 Å². The van der Waals surface area contributed by atoms with Crippen LogP contribution < -0.4 is 5.32 Å². The van der Waals surface area contributed by atoms with Crippen molar-refractivity contribution >= 4 is 17.3 Å². The molecule has 4 heteroatoms. The number of hydrogen-bond acceptors (Lipinski definition) is 3. The van der Waals surface area contributed by atoms with Gasteiger partial charge < -0.3 is 10.2 Å². The topological polar surface area (TPSA) is 50.7 Å². The van der Waals surface area contributed by atoms with E-state index < -0.39 is 0 Å². The molecule has 0 spiro atoms. The number of nitrogens with one attached hydrogen (secondary N) is 1. The maximum Gasteiger partial charge on any atom is 0.265 e. The summed E-state index contributed by atoms with van der Waals surface area (Å²) in [7, 11) is 0. The Labute approximate surface area is 133 Å². The van der Waals surface area contributed by atoms with E-state index >= 15 is 0 Å². The number of carbonyl (C=O) groups excluding carboxylic acids is 1. The van der Waals surface area contributed by atoms with Crippen LogP contribution >= 0.6 is 0 Å². The minimum Gasteiger partial charge on any atom is -0.386 e. The molecule has 22 heavy (non-hydrogen) atoms. The summed E-state index contributed by atoms with van der Waals surface area (Å²) >= 11 is 0. The van der Waals surface area contributed by atoms with Crippen LogP contribution in [0.15, 0.2) is 23.4 Å². The quantitative estimate of drug-likeness (QED) is 0.597. The Morgan fingerprint density at radius 2 is 1.73 bits per heavy atom.